The lowest BCUT2D eigenvalue weighted by atomic mass is 10.1. The van der Waals surface area contributed by atoms with Crippen molar-refractivity contribution in [2.45, 2.75) is 20.5 Å². The summed E-state index contributed by atoms with van der Waals surface area (Å²) in [6, 6.07) is 5.02. The summed E-state index contributed by atoms with van der Waals surface area (Å²) in [6.07, 6.45) is 0. The normalized spacial score (nSPS) is 10.1. The minimum absolute atomic E-state index is 0.0377. The monoisotopic (exact) mass is 320 g/mol. The zero-order valence-electron chi connectivity index (χ0n) is 12.5. The van der Waals surface area contributed by atoms with Crippen molar-refractivity contribution in [3.63, 3.8) is 0 Å². The summed E-state index contributed by atoms with van der Waals surface area (Å²) in [5.74, 6) is 0.819. The predicted octanol–water partition coefficient (Wildman–Crippen LogP) is 2.89. The van der Waals surface area contributed by atoms with Crippen molar-refractivity contribution in [2.75, 3.05) is 12.4 Å². The number of ether oxygens (including phenoxy) is 2. The second-order valence-corrected chi connectivity index (χ2v) is 5.39. The summed E-state index contributed by atoms with van der Waals surface area (Å²) >= 11 is 1.33. The third-order valence-electron chi connectivity index (χ3n) is 2.78. The highest BCUT2D eigenvalue weighted by Crippen LogP contribution is 2.29. The highest BCUT2D eigenvalue weighted by atomic mass is 32.1. The Morgan fingerprint density at radius 3 is 2.68 bits per heavy atom. The van der Waals surface area contributed by atoms with Gasteiger partial charge in [-0.2, -0.15) is 0 Å². The number of Topliss-reactive ketones (excluding diaryl/α,β-unsaturated/α-hetero) is 1. The molecular formula is C15H16N2O4S. The number of ketones is 1. The highest BCUT2D eigenvalue weighted by molar-refractivity contribution is 7.13. The van der Waals surface area contributed by atoms with Crippen LogP contribution in [-0.2, 0) is 11.4 Å². The molecule has 0 spiro atoms. The number of carbonyl (C=O) groups excluding carboxylic acids is 2. The molecule has 22 heavy (non-hydrogen) atoms. The maximum atomic E-state index is 11.4. The van der Waals surface area contributed by atoms with E-state index in [2.05, 4.69) is 10.3 Å². The van der Waals surface area contributed by atoms with Crippen LogP contribution in [0.3, 0.4) is 0 Å². The van der Waals surface area contributed by atoms with Gasteiger partial charge < -0.3 is 14.8 Å². The average Bonchev–Trinajstić information content (AvgIpc) is 2.91. The number of aromatic nitrogens is 1. The van der Waals surface area contributed by atoms with Crippen LogP contribution in [0.4, 0.5) is 5.13 Å². The Hall–Kier alpha value is -2.41. The van der Waals surface area contributed by atoms with Crippen LogP contribution in [-0.4, -0.2) is 23.8 Å². The van der Waals surface area contributed by atoms with Crippen LogP contribution >= 0.6 is 11.3 Å². The van der Waals surface area contributed by atoms with Gasteiger partial charge in [-0.15, -0.1) is 11.3 Å². The molecule has 0 aliphatic heterocycles. The highest BCUT2D eigenvalue weighted by Gasteiger charge is 2.10. The zero-order chi connectivity index (χ0) is 16.1. The Balaban J connectivity index is 2.06. The zero-order valence-corrected chi connectivity index (χ0v) is 13.3. The lowest BCUT2D eigenvalue weighted by Gasteiger charge is -2.10. The molecule has 0 aliphatic carbocycles. The van der Waals surface area contributed by atoms with Crippen molar-refractivity contribution in [1.29, 1.82) is 0 Å². The predicted molar refractivity (Wildman–Crippen MR) is 83.7 cm³/mol. The minimum Gasteiger partial charge on any atom is -0.493 e. The number of thiazole rings is 1. The Bertz CT molecular complexity index is 697. The molecule has 0 unspecified atom stereocenters. The van der Waals surface area contributed by atoms with E-state index in [9.17, 15) is 9.59 Å². The van der Waals surface area contributed by atoms with Crippen LogP contribution < -0.4 is 14.8 Å². The molecule has 116 valence electrons. The van der Waals surface area contributed by atoms with E-state index in [1.807, 2.05) is 5.38 Å². The molecule has 0 atom stereocenters. The van der Waals surface area contributed by atoms with Crippen molar-refractivity contribution in [3.8, 4) is 11.5 Å². The number of rotatable bonds is 6. The fourth-order valence-electron chi connectivity index (χ4n) is 1.74. The molecule has 0 saturated heterocycles. The topological polar surface area (TPSA) is 77.5 Å². The molecule has 2 rings (SSSR count). The molecule has 1 aromatic heterocycles. The second-order valence-electron chi connectivity index (χ2n) is 4.54. The Kier molecular flexibility index (Phi) is 5.11. The van der Waals surface area contributed by atoms with Gasteiger partial charge in [-0.05, 0) is 25.1 Å². The smallest absolute Gasteiger partial charge is 0.223 e. The first-order valence-electron chi connectivity index (χ1n) is 6.53. The molecule has 0 fully saturated rings. The SMILES string of the molecule is COc1cc(C(C)=O)ccc1OCc1csc(NC(C)=O)n1. The van der Waals surface area contributed by atoms with E-state index >= 15 is 0 Å². The van der Waals surface area contributed by atoms with Gasteiger partial charge in [-0.1, -0.05) is 0 Å². The minimum atomic E-state index is -0.164. The first kappa shape index (κ1) is 16.0. The number of anilines is 1. The van der Waals surface area contributed by atoms with Gasteiger partial charge in [0.15, 0.2) is 22.4 Å². The maximum Gasteiger partial charge on any atom is 0.223 e. The van der Waals surface area contributed by atoms with Gasteiger partial charge in [-0.25, -0.2) is 4.98 Å². The van der Waals surface area contributed by atoms with Gasteiger partial charge in [0.1, 0.15) is 6.61 Å². The van der Waals surface area contributed by atoms with Crippen molar-refractivity contribution < 1.29 is 19.1 Å². The van der Waals surface area contributed by atoms with Crippen LogP contribution in [0.2, 0.25) is 0 Å². The fraction of sp³-hybridized carbons (Fsp3) is 0.267. The van der Waals surface area contributed by atoms with Crippen molar-refractivity contribution in [3.05, 3.63) is 34.8 Å². The van der Waals surface area contributed by atoms with Gasteiger partial charge in [-0.3, -0.25) is 9.59 Å². The summed E-state index contributed by atoms with van der Waals surface area (Å²) in [7, 11) is 1.52. The van der Waals surface area contributed by atoms with Crippen molar-refractivity contribution >= 4 is 28.2 Å². The Labute approximate surface area is 132 Å². The summed E-state index contributed by atoms with van der Waals surface area (Å²) in [5, 5.41) is 4.96. The van der Waals surface area contributed by atoms with Crippen molar-refractivity contribution in [2.24, 2.45) is 0 Å². The van der Waals surface area contributed by atoms with Gasteiger partial charge >= 0.3 is 0 Å². The van der Waals surface area contributed by atoms with E-state index in [0.717, 1.165) is 0 Å². The molecule has 1 N–H and O–H groups in total. The van der Waals surface area contributed by atoms with Crippen LogP contribution in [0, 0.1) is 0 Å². The number of amides is 1. The lowest BCUT2D eigenvalue weighted by molar-refractivity contribution is -0.114. The van der Waals surface area contributed by atoms with Crippen LogP contribution in [0.1, 0.15) is 29.9 Å². The van der Waals surface area contributed by atoms with Crippen molar-refractivity contribution in [1.82, 2.24) is 4.98 Å². The standard InChI is InChI=1S/C15H16N2O4S/c1-9(18)11-4-5-13(14(6-11)20-3)21-7-12-8-22-15(17-12)16-10(2)19/h4-6,8H,7H2,1-3H3,(H,16,17,19). The first-order chi connectivity index (χ1) is 10.5. The Morgan fingerprint density at radius 2 is 2.05 bits per heavy atom. The molecule has 1 amide bonds. The number of hydrogen-bond donors (Lipinski definition) is 1. The molecular weight excluding hydrogens is 304 g/mol. The third kappa shape index (κ3) is 4.05. The Morgan fingerprint density at radius 1 is 1.27 bits per heavy atom. The summed E-state index contributed by atoms with van der Waals surface area (Å²) < 4.78 is 10.9. The van der Waals surface area contributed by atoms with Crippen LogP contribution in [0.5, 0.6) is 11.5 Å². The fourth-order valence-corrected chi connectivity index (χ4v) is 2.48. The van der Waals surface area contributed by atoms with Crippen LogP contribution in [0.25, 0.3) is 0 Å². The van der Waals surface area contributed by atoms with E-state index in [0.29, 0.717) is 27.9 Å². The number of methoxy groups -OCH3 is 1. The lowest BCUT2D eigenvalue weighted by Crippen LogP contribution is -2.05. The molecule has 0 radical (unpaired) electrons. The van der Waals surface area contributed by atoms with Gasteiger partial charge in [0.2, 0.25) is 5.91 Å². The quantitative estimate of drug-likeness (QED) is 0.828. The summed E-state index contributed by atoms with van der Waals surface area (Å²) in [4.78, 5) is 26.5. The number of nitrogens with zero attached hydrogens (tertiary/aromatic N) is 1. The summed E-state index contributed by atoms with van der Waals surface area (Å²) in [6.45, 7) is 3.17. The largest absolute Gasteiger partial charge is 0.493 e. The molecule has 7 heteroatoms. The van der Waals surface area contributed by atoms with Gasteiger partial charge in [0.25, 0.3) is 0 Å². The van der Waals surface area contributed by atoms with E-state index < -0.39 is 0 Å². The van der Waals surface area contributed by atoms with Gasteiger partial charge in [0.05, 0.1) is 12.8 Å². The molecule has 0 bridgehead atoms. The van der Waals surface area contributed by atoms with E-state index in [-0.39, 0.29) is 18.3 Å². The van der Waals surface area contributed by atoms with E-state index in [4.69, 9.17) is 9.47 Å². The molecule has 1 heterocycles. The number of carbonyl (C=O) groups is 2. The molecule has 0 aliphatic rings. The average molecular weight is 320 g/mol. The number of hydrogen-bond acceptors (Lipinski definition) is 6. The summed E-state index contributed by atoms with van der Waals surface area (Å²) in [5.41, 5.74) is 1.26. The van der Waals surface area contributed by atoms with E-state index in [1.54, 1.807) is 18.2 Å². The maximum absolute atomic E-state index is 11.4. The number of nitrogens with one attached hydrogen (secondary N) is 1. The molecule has 1 aromatic carbocycles. The molecule has 2 aromatic rings. The van der Waals surface area contributed by atoms with E-state index in [1.165, 1.54) is 32.3 Å². The first-order valence-corrected chi connectivity index (χ1v) is 7.41. The number of benzene rings is 1. The second kappa shape index (κ2) is 7.04. The third-order valence-corrected chi connectivity index (χ3v) is 3.59. The molecule has 0 saturated carbocycles. The van der Waals surface area contributed by atoms with Gasteiger partial charge in [0, 0.05) is 17.9 Å². The van der Waals surface area contributed by atoms with Crippen LogP contribution in [0.15, 0.2) is 23.6 Å². The molecule has 6 nitrogen and oxygen atoms in total.